The number of ether oxygens (including phenoxy) is 1. The van der Waals surface area contributed by atoms with E-state index in [0.717, 1.165) is 59.3 Å². The monoisotopic (exact) mass is 443 g/mol. The second-order valence-corrected chi connectivity index (χ2v) is 9.16. The summed E-state index contributed by atoms with van der Waals surface area (Å²) in [7, 11) is 0. The zero-order chi connectivity index (χ0) is 21.1. The minimum Gasteiger partial charge on any atom is -0.379 e. The molecular weight excluding hydrogens is 418 g/mol. The summed E-state index contributed by atoms with van der Waals surface area (Å²) in [6.45, 7) is 8.83. The smallest absolute Gasteiger partial charge is 0.233 e. The average molecular weight is 444 g/mol. The number of aryl methyl sites for hydroxylation is 2. The number of amides is 1. The zero-order valence-corrected chi connectivity index (χ0v) is 18.9. The second kappa shape index (κ2) is 9.43. The van der Waals surface area contributed by atoms with Crippen LogP contribution in [0.2, 0.25) is 5.02 Å². The molecular formula is C23H26ClN3O2S. The first kappa shape index (κ1) is 21.2. The van der Waals surface area contributed by atoms with Gasteiger partial charge < -0.3 is 4.74 Å². The van der Waals surface area contributed by atoms with Crippen molar-refractivity contribution in [3.8, 4) is 0 Å². The van der Waals surface area contributed by atoms with Gasteiger partial charge in [-0.05, 0) is 43.2 Å². The lowest BCUT2D eigenvalue weighted by atomic mass is 10.0. The third kappa shape index (κ3) is 5.01. The van der Waals surface area contributed by atoms with Crippen molar-refractivity contribution in [3.05, 3.63) is 58.1 Å². The molecule has 158 valence electrons. The highest BCUT2D eigenvalue weighted by Crippen LogP contribution is 2.31. The number of halogens is 1. The van der Waals surface area contributed by atoms with Crippen molar-refractivity contribution < 1.29 is 9.53 Å². The van der Waals surface area contributed by atoms with Crippen molar-refractivity contribution in [1.82, 2.24) is 9.88 Å². The van der Waals surface area contributed by atoms with E-state index >= 15 is 0 Å². The molecule has 0 atom stereocenters. The molecule has 0 saturated carbocycles. The fourth-order valence-corrected chi connectivity index (χ4v) is 4.98. The molecule has 1 aliphatic heterocycles. The van der Waals surface area contributed by atoms with Gasteiger partial charge in [-0.2, -0.15) is 0 Å². The van der Waals surface area contributed by atoms with E-state index in [0.29, 0.717) is 18.0 Å². The van der Waals surface area contributed by atoms with E-state index in [4.69, 9.17) is 21.3 Å². The SMILES string of the molecule is Cc1ccc(CC(=O)N(CCN2CCOCC2)c2nc3ccc(Cl)cc3s2)c(C)c1. The summed E-state index contributed by atoms with van der Waals surface area (Å²) in [5, 5.41) is 1.41. The van der Waals surface area contributed by atoms with Gasteiger partial charge in [0.05, 0.1) is 29.9 Å². The van der Waals surface area contributed by atoms with E-state index < -0.39 is 0 Å². The molecule has 1 amide bonds. The van der Waals surface area contributed by atoms with Crippen molar-refractivity contribution >= 4 is 44.2 Å². The van der Waals surface area contributed by atoms with E-state index in [1.54, 1.807) is 0 Å². The molecule has 4 rings (SSSR count). The van der Waals surface area contributed by atoms with Crippen LogP contribution in [0, 0.1) is 13.8 Å². The molecule has 2 heterocycles. The predicted molar refractivity (Wildman–Crippen MR) is 124 cm³/mol. The molecule has 2 aromatic carbocycles. The summed E-state index contributed by atoms with van der Waals surface area (Å²) < 4.78 is 6.44. The normalized spacial score (nSPS) is 14.9. The molecule has 1 aliphatic rings. The van der Waals surface area contributed by atoms with E-state index in [9.17, 15) is 4.79 Å². The van der Waals surface area contributed by atoms with Gasteiger partial charge in [0.2, 0.25) is 5.91 Å². The van der Waals surface area contributed by atoms with Crippen molar-refractivity contribution in [2.24, 2.45) is 0 Å². The minimum atomic E-state index is 0.0698. The molecule has 0 N–H and O–H groups in total. The first-order chi connectivity index (χ1) is 14.5. The van der Waals surface area contributed by atoms with Gasteiger partial charge in [-0.25, -0.2) is 4.98 Å². The number of carbonyl (C=O) groups is 1. The quantitative estimate of drug-likeness (QED) is 0.563. The number of thiazole rings is 1. The van der Waals surface area contributed by atoms with Crippen molar-refractivity contribution in [2.75, 3.05) is 44.3 Å². The highest BCUT2D eigenvalue weighted by atomic mass is 35.5. The summed E-state index contributed by atoms with van der Waals surface area (Å²) in [5.41, 5.74) is 4.28. The minimum absolute atomic E-state index is 0.0698. The molecule has 0 bridgehead atoms. The maximum Gasteiger partial charge on any atom is 0.233 e. The lowest BCUT2D eigenvalue weighted by Gasteiger charge is -2.29. The van der Waals surface area contributed by atoms with E-state index in [2.05, 4.69) is 36.9 Å². The predicted octanol–water partition coefficient (Wildman–Crippen LogP) is 4.47. The van der Waals surface area contributed by atoms with Gasteiger partial charge in [0, 0.05) is 31.2 Å². The second-order valence-electron chi connectivity index (χ2n) is 7.71. The number of benzene rings is 2. The number of morpholine rings is 1. The molecule has 0 radical (unpaired) electrons. The van der Waals surface area contributed by atoms with Crippen LogP contribution < -0.4 is 4.90 Å². The Morgan fingerprint density at radius 1 is 1.20 bits per heavy atom. The molecule has 0 aliphatic carbocycles. The number of rotatable bonds is 6. The van der Waals surface area contributed by atoms with Gasteiger partial charge in [-0.15, -0.1) is 0 Å². The van der Waals surface area contributed by atoms with Crippen molar-refractivity contribution in [2.45, 2.75) is 20.3 Å². The Labute approximate surface area is 186 Å². The van der Waals surface area contributed by atoms with Crippen LogP contribution in [0.15, 0.2) is 36.4 Å². The van der Waals surface area contributed by atoms with E-state index in [1.807, 2.05) is 23.1 Å². The molecule has 3 aromatic rings. The topological polar surface area (TPSA) is 45.7 Å². The number of aromatic nitrogens is 1. The maximum absolute atomic E-state index is 13.4. The van der Waals surface area contributed by atoms with Gasteiger partial charge in [0.1, 0.15) is 0 Å². The Balaban J connectivity index is 1.58. The Hall–Kier alpha value is -1.99. The van der Waals surface area contributed by atoms with Crippen LogP contribution in [0.25, 0.3) is 10.2 Å². The highest BCUT2D eigenvalue weighted by Gasteiger charge is 2.22. The third-order valence-electron chi connectivity index (χ3n) is 5.45. The molecule has 0 spiro atoms. The van der Waals surface area contributed by atoms with Gasteiger partial charge >= 0.3 is 0 Å². The first-order valence-electron chi connectivity index (χ1n) is 10.2. The third-order valence-corrected chi connectivity index (χ3v) is 6.73. The maximum atomic E-state index is 13.4. The molecule has 0 unspecified atom stereocenters. The molecule has 5 nitrogen and oxygen atoms in total. The van der Waals surface area contributed by atoms with Crippen LogP contribution in [0.5, 0.6) is 0 Å². The molecule has 7 heteroatoms. The van der Waals surface area contributed by atoms with Gasteiger partial charge in [0.15, 0.2) is 5.13 Å². The number of fused-ring (bicyclic) bond motifs is 1. The Morgan fingerprint density at radius 3 is 2.77 bits per heavy atom. The number of anilines is 1. The van der Waals surface area contributed by atoms with E-state index in [-0.39, 0.29) is 5.91 Å². The fourth-order valence-electron chi connectivity index (χ4n) is 3.70. The molecule has 1 aromatic heterocycles. The van der Waals surface area contributed by atoms with Crippen LogP contribution in [-0.2, 0) is 16.0 Å². The number of carbonyl (C=O) groups excluding carboxylic acids is 1. The van der Waals surface area contributed by atoms with Crippen LogP contribution in [0.1, 0.15) is 16.7 Å². The summed E-state index contributed by atoms with van der Waals surface area (Å²) in [5.74, 6) is 0.0698. The van der Waals surface area contributed by atoms with E-state index in [1.165, 1.54) is 16.9 Å². The van der Waals surface area contributed by atoms with Crippen LogP contribution in [-0.4, -0.2) is 55.2 Å². The van der Waals surface area contributed by atoms with Crippen LogP contribution in [0.3, 0.4) is 0 Å². The molecule has 30 heavy (non-hydrogen) atoms. The fraction of sp³-hybridized carbons (Fsp3) is 0.391. The number of hydrogen-bond acceptors (Lipinski definition) is 5. The largest absolute Gasteiger partial charge is 0.379 e. The molecule has 1 saturated heterocycles. The average Bonchev–Trinajstić information content (AvgIpc) is 3.13. The summed E-state index contributed by atoms with van der Waals surface area (Å²) in [4.78, 5) is 22.3. The lowest BCUT2D eigenvalue weighted by molar-refractivity contribution is -0.118. The van der Waals surface area contributed by atoms with Gasteiger partial charge in [-0.3, -0.25) is 14.6 Å². The lowest BCUT2D eigenvalue weighted by Crippen LogP contribution is -2.43. The van der Waals surface area contributed by atoms with Crippen LogP contribution >= 0.6 is 22.9 Å². The highest BCUT2D eigenvalue weighted by molar-refractivity contribution is 7.22. The van der Waals surface area contributed by atoms with Gasteiger partial charge in [0.25, 0.3) is 0 Å². The van der Waals surface area contributed by atoms with Gasteiger partial charge in [-0.1, -0.05) is 46.7 Å². The Kier molecular flexibility index (Phi) is 6.68. The number of hydrogen-bond donors (Lipinski definition) is 0. The first-order valence-corrected chi connectivity index (χ1v) is 11.4. The van der Waals surface area contributed by atoms with Crippen molar-refractivity contribution in [3.63, 3.8) is 0 Å². The Bertz CT molecular complexity index is 1050. The summed E-state index contributed by atoms with van der Waals surface area (Å²) >= 11 is 7.67. The number of nitrogens with zero attached hydrogens (tertiary/aromatic N) is 3. The van der Waals surface area contributed by atoms with Crippen LogP contribution in [0.4, 0.5) is 5.13 Å². The van der Waals surface area contributed by atoms with Crippen molar-refractivity contribution in [1.29, 1.82) is 0 Å². The Morgan fingerprint density at radius 2 is 2.00 bits per heavy atom. The summed E-state index contributed by atoms with van der Waals surface area (Å²) in [6.07, 6.45) is 0.367. The summed E-state index contributed by atoms with van der Waals surface area (Å²) in [6, 6.07) is 11.9. The zero-order valence-electron chi connectivity index (χ0n) is 17.4. The standard InChI is InChI=1S/C23H26ClN3O2S/c1-16-3-4-18(17(2)13-16)14-22(28)27(8-7-26-9-11-29-12-10-26)23-25-20-6-5-19(24)15-21(20)30-23/h3-6,13,15H,7-12,14H2,1-2H3. The molecule has 1 fully saturated rings.